The van der Waals surface area contributed by atoms with Gasteiger partial charge in [-0.25, -0.2) is 0 Å². The summed E-state index contributed by atoms with van der Waals surface area (Å²) < 4.78 is 5.35. The zero-order valence-corrected chi connectivity index (χ0v) is 14.9. The van der Waals surface area contributed by atoms with Gasteiger partial charge in [-0.05, 0) is 31.2 Å². The highest BCUT2D eigenvalue weighted by Crippen LogP contribution is 2.31. The maximum absolute atomic E-state index is 13.1. The molecule has 1 aliphatic rings. The average Bonchev–Trinajstić information content (AvgIpc) is 3.10. The fraction of sp³-hybridized carbons (Fsp3) is 0.273. The number of carbonyl (C=O) groups is 1. The summed E-state index contributed by atoms with van der Waals surface area (Å²) in [5.74, 6) is 1.13. The first-order valence-electron chi connectivity index (χ1n) is 9.10. The van der Waals surface area contributed by atoms with Crippen LogP contribution in [0.4, 0.5) is 0 Å². The highest BCUT2D eigenvalue weighted by molar-refractivity contribution is 6.00. The molecule has 0 unspecified atom stereocenters. The van der Waals surface area contributed by atoms with Crippen molar-refractivity contribution in [1.82, 2.24) is 10.1 Å². The largest absolute Gasteiger partial charge is 0.360 e. The Morgan fingerprint density at radius 2 is 1.62 bits per heavy atom. The van der Waals surface area contributed by atoms with E-state index < -0.39 is 0 Å². The summed E-state index contributed by atoms with van der Waals surface area (Å²) in [4.78, 5) is 15.1. The molecule has 0 N–H and O–H groups in total. The maximum atomic E-state index is 13.1. The van der Waals surface area contributed by atoms with Crippen molar-refractivity contribution in [3.8, 4) is 11.3 Å². The first-order chi connectivity index (χ1) is 12.7. The molecule has 2 heterocycles. The molecule has 132 valence electrons. The molecular weight excluding hydrogens is 324 g/mol. The zero-order valence-electron chi connectivity index (χ0n) is 14.9. The Hall–Kier alpha value is -2.88. The van der Waals surface area contributed by atoms with E-state index >= 15 is 0 Å². The summed E-state index contributed by atoms with van der Waals surface area (Å²) in [5.41, 5.74) is 3.50. The molecule has 4 heteroatoms. The average molecular weight is 346 g/mol. The van der Waals surface area contributed by atoms with E-state index in [9.17, 15) is 4.79 Å². The quantitative estimate of drug-likeness (QED) is 0.692. The number of hydrogen-bond acceptors (Lipinski definition) is 3. The van der Waals surface area contributed by atoms with Gasteiger partial charge in [0, 0.05) is 18.7 Å². The molecule has 1 aliphatic heterocycles. The maximum Gasteiger partial charge on any atom is 0.259 e. The molecule has 1 aromatic heterocycles. The van der Waals surface area contributed by atoms with E-state index in [4.69, 9.17) is 4.52 Å². The topological polar surface area (TPSA) is 46.3 Å². The SMILES string of the molecule is Cc1onc(-c2ccccc2)c1C(=O)N1CCC(c2ccccc2)CC1. The summed E-state index contributed by atoms with van der Waals surface area (Å²) in [7, 11) is 0. The Balaban J connectivity index is 1.52. The second-order valence-corrected chi connectivity index (χ2v) is 6.81. The van der Waals surface area contributed by atoms with Crippen LogP contribution in [0.1, 0.15) is 40.4 Å². The van der Waals surface area contributed by atoms with E-state index in [0.29, 0.717) is 22.9 Å². The van der Waals surface area contributed by atoms with E-state index in [1.807, 2.05) is 48.2 Å². The minimum Gasteiger partial charge on any atom is -0.360 e. The number of hydrogen-bond donors (Lipinski definition) is 0. The fourth-order valence-electron chi connectivity index (χ4n) is 3.72. The van der Waals surface area contributed by atoms with Gasteiger partial charge in [0.15, 0.2) is 0 Å². The molecule has 3 aromatic rings. The minimum absolute atomic E-state index is 0.0223. The van der Waals surface area contributed by atoms with Gasteiger partial charge in [0.05, 0.1) is 0 Å². The molecule has 1 saturated heterocycles. The van der Waals surface area contributed by atoms with Crippen LogP contribution in [0.2, 0.25) is 0 Å². The second-order valence-electron chi connectivity index (χ2n) is 6.81. The molecule has 0 bridgehead atoms. The van der Waals surface area contributed by atoms with Gasteiger partial charge in [-0.1, -0.05) is 65.8 Å². The zero-order chi connectivity index (χ0) is 17.9. The van der Waals surface area contributed by atoms with Gasteiger partial charge in [-0.3, -0.25) is 4.79 Å². The lowest BCUT2D eigenvalue weighted by Gasteiger charge is -2.32. The molecule has 4 rings (SSSR count). The Labute approximate surface area is 153 Å². The first-order valence-corrected chi connectivity index (χ1v) is 9.10. The third-order valence-electron chi connectivity index (χ3n) is 5.18. The van der Waals surface area contributed by atoms with E-state index in [1.54, 1.807) is 0 Å². The van der Waals surface area contributed by atoms with Gasteiger partial charge in [0.1, 0.15) is 17.0 Å². The molecule has 2 aromatic carbocycles. The van der Waals surface area contributed by atoms with Crippen molar-refractivity contribution in [1.29, 1.82) is 0 Å². The predicted molar refractivity (Wildman–Crippen MR) is 101 cm³/mol. The van der Waals surface area contributed by atoms with Gasteiger partial charge in [-0.2, -0.15) is 0 Å². The lowest BCUT2D eigenvalue weighted by molar-refractivity contribution is 0.0712. The predicted octanol–water partition coefficient (Wildman–Crippen LogP) is 4.67. The summed E-state index contributed by atoms with van der Waals surface area (Å²) in [5, 5.41) is 4.14. The number of aromatic nitrogens is 1. The van der Waals surface area contributed by atoms with Crippen LogP contribution in [0.5, 0.6) is 0 Å². The number of amides is 1. The first kappa shape index (κ1) is 16.6. The molecule has 4 nitrogen and oxygen atoms in total. The summed E-state index contributed by atoms with van der Waals surface area (Å²) in [6, 6.07) is 20.3. The standard InChI is InChI=1S/C22H22N2O2/c1-16-20(21(23-26-16)19-10-6-3-7-11-19)22(25)24-14-12-18(13-15-24)17-8-4-2-5-9-17/h2-11,18H,12-15H2,1H3. The van der Waals surface area contributed by atoms with Crippen LogP contribution in [0.3, 0.4) is 0 Å². The van der Waals surface area contributed by atoms with E-state index in [0.717, 1.165) is 31.5 Å². The smallest absolute Gasteiger partial charge is 0.259 e. The summed E-state index contributed by atoms with van der Waals surface area (Å²) >= 11 is 0. The third kappa shape index (κ3) is 3.15. The van der Waals surface area contributed by atoms with Crippen LogP contribution in [0.15, 0.2) is 65.2 Å². The number of likely N-dealkylation sites (tertiary alicyclic amines) is 1. The lowest BCUT2D eigenvalue weighted by Crippen LogP contribution is -2.38. The molecule has 0 atom stereocenters. The molecule has 26 heavy (non-hydrogen) atoms. The normalized spacial score (nSPS) is 15.2. The summed E-state index contributed by atoms with van der Waals surface area (Å²) in [6.07, 6.45) is 1.97. The number of aryl methyl sites for hydroxylation is 1. The Bertz CT molecular complexity index is 879. The monoisotopic (exact) mass is 346 g/mol. The van der Waals surface area contributed by atoms with Gasteiger partial charge in [-0.15, -0.1) is 0 Å². The van der Waals surface area contributed by atoms with Gasteiger partial charge in [0.2, 0.25) is 0 Å². The van der Waals surface area contributed by atoms with Gasteiger partial charge >= 0.3 is 0 Å². The van der Waals surface area contributed by atoms with Crippen LogP contribution in [-0.2, 0) is 0 Å². The van der Waals surface area contributed by atoms with E-state index in [1.165, 1.54) is 5.56 Å². The van der Waals surface area contributed by atoms with Crippen LogP contribution >= 0.6 is 0 Å². The lowest BCUT2D eigenvalue weighted by atomic mass is 9.89. The van der Waals surface area contributed by atoms with E-state index in [-0.39, 0.29) is 5.91 Å². The number of carbonyl (C=O) groups excluding carboxylic acids is 1. The Kier molecular flexibility index (Phi) is 4.57. The number of piperidine rings is 1. The van der Waals surface area contributed by atoms with Crippen LogP contribution < -0.4 is 0 Å². The third-order valence-corrected chi connectivity index (χ3v) is 5.18. The number of rotatable bonds is 3. The molecule has 0 aliphatic carbocycles. The molecule has 1 fully saturated rings. The fourth-order valence-corrected chi connectivity index (χ4v) is 3.72. The molecule has 1 amide bonds. The van der Waals surface area contributed by atoms with Crippen molar-refractivity contribution in [2.24, 2.45) is 0 Å². The van der Waals surface area contributed by atoms with Crippen molar-refractivity contribution in [2.45, 2.75) is 25.7 Å². The molecule has 0 spiro atoms. The van der Waals surface area contributed by atoms with Gasteiger partial charge in [0.25, 0.3) is 5.91 Å². The van der Waals surface area contributed by atoms with Crippen molar-refractivity contribution in [3.05, 3.63) is 77.6 Å². The summed E-state index contributed by atoms with van der Waals surface area (Å²) in [6.45, 7) is 3.33. The van der Waals surface area contributed by atoms with Crippen LogP contribution in [0.25, 0.3) is 11.3 Å². The minimum atomic E-state index is 0.0223. The number of nitrogens with zero attached hydrogens (tertiary/aromatic N) is 2. The van der Waals surface area contributed by atoms with Crippen molar-refractivity contribution in [3.63, 3.8) is 0 Å². The molecular formula is C22H22N2O2. The van der Waals surface area contributed by atoms with Crippen LogP contribution in [-0.4, -0.2) is 29.1 Å². The van der Waals surface area contributed by atoms with Crippen molar-refractivity contribution >= 4 is 5.91 Å². The number of benzene rings is 2. The Morgan fingerprint density at radius 3 is 2.27 bits per heavy atom. The molecule has 0 saturated carbocycles. The van der Waals surface area contributed by atoms with E-state index in [2.05, 4.69) is 29.4 Å². The second kappa shape index (κ2) is 7.16. The van der Waals surface area contributed by atoms with Gasteiger partial charge < -0.3 is 9.42 Å². The van der Waals surface area contributed by atoms with Crippen molar-refractivity contribution < 1.29 is 9.32 Å². The highest BCUT2D eigenvalue weighted by Gasteiger charge is 2.29. The van der Waals surface area contributed by atoms with Crippen molar-refractivity contribution in [2.75, 3.05) is 13.1 Å². The van der Waals surface area contributed by atoms with Crippen LogP contribution in [0, 0.1) is 6.92 Å². The Morgan fingerprint density at radius 1 is 1.00 bits per heavy atom. The molecule has 0 radical (unpaired) electrons. The highest BCUT2D eigenvalue weighted by atomic mass is 16.5.